The molecule has 2 N–H and O–H groups in total. The van der Waals surface area contributed by atoms with Crippen LogP contribution in [0, 0.1) is 5.82 Å². The summed E-state index contributed by atoms with van der Waals surface area (Å²) in [5.41, 5.74) is 0.554. The van der Waals surface area contributed by atoms with E-state index in [1.807, 2.05) is 0 Å². The number of ether oxygens (including phenoxy) is 1. The SMILES string of the molecule is CC(=O)Nc1ccccc1Oc1cccc(F)c1CO. The minimum absolute atomic E-state index is 0.0742. The van der Waals surface area contributed by atoms with E-state index in [-0.39, 0.29) is 17.2 Å². The number of hydrogen-bond acceptors (Lipinski definition) is 3. The second-order valence-corrected chi connectivity index (χ2v) is 4.15. The molecule has 5 heteroatoms. The van der Waals surface area contributed by atoms with E-state index in [4.69, 9.17) is 4.74 Å². The maximum atomic E-state index is 13.6. The standard InChI is InChI=1S/C15H14FNO3/c1-10(19)17-13-6-2-3-7-15(13)20-14-8-4-5-12(16)11(14)9-18/h2-8,18H,9H2,1H3,(H,17,19). The van der Waals surface area contributed by atoms with Crippen molar-refractivity contribution in [2.75, 3.05) is 5.32 Å². The molecule has 1 amide bonds. The van der Waals surface area contributed by atoms with Crippen LogP contribution >= 0.6 is 0 Å². The Morgan fingerprint density at radius 2 is 1.90 bits per heavy atom. The van der Waals surface area contributed by atoms with Gasteiger partial charge in [0.2, 0.25) is 5.91 Å². The van der Waals surface area contributed by atoms with Gasteiger partial charge in [0.15, 0.2) is 5.75 Å². The van der Waals surface area contributed by atoms with Crippen LogP contribution in [-0.2, 0) is 11.4 Å². The molecule has 0 aliphatic heterocycles. The third-order valence-electron chi connectivity index (χ3n) is 2.65. The van der Waals surface area contributed by atoms with Gasteiger partial charge in [0.25, 0.3) is 0 Å². The van der Waals surface area contributed by atoms with Gasteiger partial charge in [0.1, 0.15) is 11.6 Å². The van der Waals surface area contributed by atoms with Crippen LogP contribution in [0.1, 0.15) is 12.5 Å². The number of carbonyl (C=O) groups is 1. The monoisotopic (exact) mass is 275 g/mol. The van der Waals surface area contributed by atoms with Crippen LogP contribution < -0.4 is 10.1 Å². The van der Waals surface area contributed by atoms with E-state index in [1.165, 1.54) is 19.1 Å². The largest absolute Gasteiger partial charge is 0.455 e. The molecule has 0 heterocycles. The summed E-state index contributed by atoms with van der Waals surface area (Å²) < 4.78 is 19.2. The number of para-hydroxylation sites is 2. The Labute approximate surface area is 115 Å². The van der Waals surface area contributed by atoms with Crippen molar-refractivity contribution in [3.8, 4) is 11.5 Å². The van der Waals surface area contributed by atoms with Gasteiger partial charge in [-0.1, -0.05) is 18.2 Å². The van der Waals surface area contributed by atoms with Crippen molar-refractivity contribution in [2.24, 2.45) is 0 Å². The Morgan fingerprint density at radius 3 is 2.60 bits per heavy atom. The summed E-state index contributed by atoms with van der Waals surface area (Å²) in [5.74, 6) is -0.182. The highest BCUT2D eigenvalue weighted by Gasteiger charge is 2.11. The number of carbonyl (C=O) groups excluding carboxylic acids is 1. The molecular formula is C15H14FNO3. The first-order valence-electron chi connectivity index (χ1n) is 6.04. The maximum absolute atomic E-state index is 13.6. The van der Waals surface area contributed by atoms with Gasteiger partial charge in [0, 0.05) is 6.92 Å². The van der Waals surface area contributed by atoms with Crippen molar-refractivity contribution in [3.63, 3.8) is 0 Å². The molecule has 0 atom stereocenters. The lowest BCUT2D eigenvalue weighted by Gasteiger charge is -2.13. The lowest BCUT2D eigenvalue weighted by molar-refractivity contribution is -0.114. The molecule has 2 rings (SSSR count). The molecular weight excluding hydrogens is 261 g/mol. The van der Waals surface area contributed by atoms with E-state index in [9.17, 15) is 14.3 Å². The van der Waals surface area contributed by atoms with Crippen LogP contribution in [0.15, 0.2) is 42.5 Å². The third kappa shape index (κ3) is 3.13. The number of hydrogen-bond donors (Lipinski definition) is 2. The minimum atomic E-state index is -0.540. The molecule has 2 aromatic rings. The van der Waals surface area contributed by atoms with Crippen molar-refractivity contribution in [3.05, 3.63) is 53.8 Å². The predicted molar refractivity (Wildman–Crippen MR) is 73.1 cm³/mol. The molecule has 0 radical (unpaired) electrons. The third-order valence-corrected chi connectivity index (χ3v) is 2.65. The molecule has 0 aliphatic carbocycles. The number of benzene rings is 2. The number of nitrogens with one attached hydrogen (secondary N) is 1. The topological polar surface area (TPSA) is 58.6 Å². The highest BCUT2D eigenvalue weighted by Crippen LogP contribution is 2.32. The van der Waals surface area contributed by atoms with Crippen molar-refractivity contribution in [1.82, 2.24) is 0 Å². The molecule has 104 valence electrons. The highest BCUT2D eigenvalue weighted by molar-refractivity contribution is 5.90. The molecule has 20 heavy (non-hydrogen) atoms. The lowest BCUT2D eigenvalue weighted by atomic mass is 10.2. The van der Waals surface area contributed by atoms with Crippen LogP contribution in [0.3, 0.4) is 0 Å². The van der Waals surface area contributed by atoms with Gasteiger partial charge >= 0.3 is 0 Å². The van der Waals surface area contributed by atoms with Crippen LogP contribution in [0.25, 0.3) is 0 Å². The molecule has 0 unspecified atom stereocenters. The quantitative estimate of drug-likeness (QED) is 0.901. The van der Waals surface area contributed by atoms with E-state index in [1.54, 1.807) is 30.3 Å². The number of halogens is 1. The Bertz CT molecular complexity index is 628. The number of rotatable bonds is 4. The Morgan fingerprint density at radius 1 is 1.20 bits per heavy atom. The van der Waals surface area contributed by atoms with E-state index >= 15 is 0 Å². The lowest BCUT2D eigenvalue weighted by Crippen LogP contribution is -2.07. The molecule has 0 fully saturated rings. The first-order chi connectivity index (χ1) is 9.61. The summed E-state index contributed by atoms with van der Waals surface area (Å²) in [7, 11) is 0. The van der Waals surface area contributed by atoms with E-state index in [0.717, 1.165) is 0 Å². The predicted octanol–water partition coefficient (Wildman–Crippen LogP) is 3.07. The fourth-order valence-corrected chi connectivity index (χ4v) is 1.75. The summed E-state index contributed by atoms with van der Waals surface area (Å²) in [6, 6.07) is 11.1. The molecule has 2 aromatic carbocycles. The first-order valence-corrected chi connectivity index (χ1v) is 6.04. The van der Waals surface area contributed by atoms with Crippen molar-refractivity contribution in [2.45, 2.75) is 13.5 Å². The Balaban J connectivity index is 2.35. The van der Waals surface area contributed by atoms with E-state index in [2.05, 4.69) is 5.32 Å². The Hall–Kier alpha value is -2.40. The van der Waals surface area contributed by atoms with Crippen LogP contribution in [-0.4, -0.2) is 11.0 Å². The van der Waals surface area contributed by atoms with E-state index in [0.29, 0.717) is 11.4 Å². The normalized spacial score (nSPS) is 10.2. The number of aliphatic hydroxyl groups excluding tert-OH is 1. The first kappa shape index (κ1) is 14.0. The van der Waals surface area contributed by atoms with Gasteiger partial charge in [-0.25, -0.2) is 4.39 Å². The molecule has 0 aromatic heterocycles. The van der Waals surface area contributed by atoms with Crippen LogP contribution in [0.5, 0.6) is 11.5 Å². The smallest absolute Gasteiger partial charge is 0.221 e. The summed E-state index contributed by atoms with van der Waals surface area (Å²) in [4.78, 5) is 11.1. The second kappa shape index (κ2) is 6.16. The number of aliphatic hydroxyl groups is 1. The van der Waals surface area contributed by atoms with Gasteiger partial charge in [-0.15, -0.1) is 0 Å². The average molecular weight is 275 g/mol. The molecule has 0 saturated carbocycles. The van der Waals surface area contributed by atoms with Gasteiger partial charge in [0.05, 0.1) is 17.9 Å². The highest BCUT2D eigenvalue weighted by atomic mass is 19.1. The van der Waals surface area contributed by atoms with Crippen molar-refractivity contribution in [1.29, 1.82) is 0 Å². The molecule has 4 nitrogen and oxygen atoms in total. The molecule has 0 spiro atoms. The average Bonchev–Trinajstić information content (AvgIpc) is 2.41. The van der Waals surface area contributed by atoms with E-state index < -0.39 is 12.4 Å². The van der Waals surface area contributed by atoms with Gasteiger partial charge in [-0.2, -0.15) is 0 Å². The maximum Gasteiger partial charge on any atom is 0.221 e. The second-order valence-electron chi connectivity index (χ2n) is 4.15. The molecule has 0 saturated heterocycles. The van der Waals surface area contributed by atoms with Gasteiger partial charge in [-0.05, 0) is 24.3 Å². The van der Waals surface area contributed by atoms with Crippen molar-refractivity contribution >= 4 is 11.6 Å². The zero-order valence-electron chi connectivity index (χ0n) is 10.9. The fourth-order valence-electron chi connectivity index (χ4n) is 1.75. The van der Waals surface area contributed by atoms with Gasteiger partial charge < -0.3 is 15.2 Å². The molecule has 0 bridgehead atoms. The summed E-state index contributed by atoms with van der Waals surface area (Å²) in [6.45, 7) is 0.919. The van der Waals surface area contributed by atoms with Gasteiger partial charge in [-0.3, -0.25) is 4.79 Å². The fraction of sp³-hybridized carbons (Fsp3) is 0.133. The van der Waals surface area contributed by atoms with Crippen LogP contribution in [0.4, 0.5) is 10.1 Å². The zero-order chi connectivity index (χ0) is 14.5. The summed E-state index contributed by atoms with van der Waals surface area (Å²) in [6.07, 6.45) is 0. The summed E-state index contributed by atoms with van der Waals surface area (Å²) in [5, 5.41) is 11.8. The van der Waals surface area contributed by atoms with Crippen LogP contribution in [0.2, 0.25) is 0 Å². The number of anilines is 1. The summed E-state index contributed by atoms with van der Waals surface area (Å²) >= 11 is 0. The zero-order valence-corrected chi connectivity index (χ0v) is 10.9. The minimum Gasteiger partial charge on any atom is -0.455 e. The van der Waals surface area contributed by atoms with Crippen molar-refractivity contribution < 1.29 is 19.0 Å². The Kier molecular flexibility index (Phi) is 4.32. The molecule has 0 aliphatic rings. The number of amides is 1.